The summed E-state index contributed by atoms with van der Waals surface area (Å²) in [6.07, 6.45) is 0.337. The van der Waals surface area contributed by atoms with Gasteiger partial charge in [-0.25, -0.2) is 4.39 Å². The average Bonchev–Trinajstić information content (AvgIpc) is 2.33. The highest BCUT2D eigenvalue weighted by Gasteiger charge is 2.13. The molecule has 1 aromatic rings. The summed E-state index contributed by atoms with van der Waals surface area (Å²) in [5.41, 5.74) is 4.88. The second-order valence-corrected chi connectivity index (χ2v) is 3.68. The Balaban J connectivity index is 2.86. The van der Waals surface area contributed by atoms with Gasteiger partial charge in [0.15, 0.2) is 5.82 Å². The Morgan fingerprint density at radius 1 is 1.58 bits per heavy atom. The molecule has 0 atom stereocenters. The molecule has 0 spiro atoms. The van der Waals surface area contributed by atoms with Crippen LogP contribution in [0.3, 0.4) is 0 Å². The van der Waals surface area contributed by atoms with Crippen molar-refractivity contribution in [2.75, 3.05) is 12.3 Å². The van der Waals surface area contributed by atoms with E-state index in [4.69, 9.17) is 5.73 Å². The summed E-state index contributed by atoms with van der Waals surface area (Å²) in [6.45, 7) is 1.72. The van der Waals surface area contributed by atoms with E-state index in [1.54, 1.807) is 0 Å². The molecule has 1 aromatic carbocycles. The Labute approximate surface area is 108 Å². The number of benzene rings is 1. The highest BCUT2D eigenvalue weighted by molar-refractivity contribution is 5.72. The number of amides is 1. The van der Waals surface area contributed by atoms with E-state index in [1.165, 1.54) is 6.92 Å². The minimum Gasteiger partial charge on any atom is -0.395 e. The van der Waals surface area contributed by atoms with Crippen LogP contribution in [0.1, 0.15) is 18.9 Å². The average molecular weight is 265 g/mol. The molecule has 6 nitrogen and oxygen atoms in total. The molecule has 19 heavy (non-hydrogen) atoms. The Hall–Kier alpha value is -2.62. The molecule has 0 aliphatic carbocycles. The zero-order valence-corrected chi connectivity index (χ0v) is 10.2. The van der Waals surface area contributed by atoms with E-state index < -0.39 is 16.4 Å². The lowest BCUT2D eigenvalue weighted by Gasteiger charge is -2.00. The number of hydrogen-bond acceptors (Lipinski definition) is 4. The number of non-ortho nitro benzene ring substituents is 1. The van der Waals surface area contributed by atoms with Crippen LogP contribution in [0.4, 0.5) is 15.8 Å². The summed E-state index contributed by atoms with van der Waals surface area (Å²) in [4.78, 5) is 20.4. The number of nitrogens with zero attached hydrogens (tertiary/aromatic N) is 1. The van der Waals surface area contributed by atoms with Crippen molar-refractivity contribution >= 4 is 17.3 Å². The maximum absolute atomic E-state index is 13.3. The predicted octanol–water partition coefficient (Wildman–Crippen LogP) is 1.19. The van der Waals surface area contributed by atoms with Gasteiger partial charge in [-0.1, -0.05) is 11.8 Å². The molecule has 3 N–H and O–H groups in total. The van der Waals surface area contributed by atoms with E-state index in [-0.39, 0.29) is 17.2 Å². The van der Waals surface area contributed by atoms with Crippen molar-refractivity contribution in [3.8, 4) is 11.8 Å². The second-order valence-electron chi connectivity index (χ2n) is 3.68. The summed E-state index contributed by atoms with van der Waals surface area (Å²) in [5, 5.41) is 13.1. The summed E-state index contributed by atoms with van der Waals surface area (Å²) >= 11 is 0. The fourth-order valence-corrected chi connectivity index (χ4v) is 1.27. The van der Waals surface area contributed by atoms with Crippen molar-refractivity contribution in [3.63, 3.8) is 0 Å². The molecule has 1 rings (SSSR count). The van der Waals surface area contributed by atoms with Crippen molar-refractivity contribution in [1.82, 2.24) is 5.32 Å². The van der Waals surface area contributed by atoms with Crippen LogP contribution in [0, 0.1) is 27.8 Å². The first-order chi connectivity index (χ1) is 8.91. The number of hydrogen-bond donors (Lipinski definition) is 2. The quantitative estimate of drug-likeness (QED) is 0.282. The number of nitro benzene ring substituents is 1. The van der Waals surface area contributed by atoms with Gasteiger partial charge in [0.2, 0.25) is 5.91 Å². The monoisotopic (exact) mass is 265 g/mol. The first-order valence-electron chi connectivity index (χ1n) is 5.38. The molecule has 1 amide bonds. The summed E-state index contributed by atoms with van der Waals surface area (Å²) in [6, 6.07) is 1.86. The lowest BCUT2D eigenvalue weighted by molar-refractivity contribution is -0.385. The Morgan fingerprint density at radius 2 is 2.26 bits per heavy atom. The summed E-state index contributed by atoms with van der Waals surface area (Å²) < 4.78 is 13.3. The van der Waals surface area contributed by atoms with Gasteiger partial charge in [-0.15, -0.1) is 0 Å². The minimum atomic E-state index is -0.875. The molecule has 100 valence electrons. The van der Waals surface area contributed by atoms with Crippen LogP contribution in [0.2, 0.25) is 0 Å². The maximum Gasteiger partial charge on any atom is 0.273 e. The second kappa shape index (κ2) is 6.35. The summed E-state index contributed by atoms with van der Waals surface area (Å²) in [7, 11) is 0. The van der Waals surface area contributed by atoms with E-state index in [9.17, 15) is 19.3 Å². The number of nitrogen functional groups attached to an aromatic ring is 1. The molecular formula is C12H12FN3O3. The number of nitrogens with one attached hydrogen (secondary N) is 1. The van der Waals surface area contributed by atoms with Crippen molar-refractivity contribution in [1.29, 1.82) is 0 Å². The summed E-state index contributed by atoms with van der Waals surface area (Å²) in [5.74, 6) is 4.16. The third-order valence-corrected chi connectivity index (χ3v) is 2.17. The largest absolute Gasteiger partial charge is 0.395 e. The van der Waals surface area contributed by atoms with Gasteiger partial charge in [-0.3, -0.25) is 14.9 Å². The van der Waals surface area contributed by atoms with Crippen molar-refractivity contribution in [2.45, 2.75) is 13.3 Å². The molecule has 0 aliphatic heterocycles. The number of anilines is 1. The van der Waals surface area contributed by atoms with Crippen LogP contribution in [0.5, 0.6) is 0 Å². The van der Waals surface area contributed by atoms with E-state index >= 15 is 0 Å². The molecule has 0 saturated heterocycles. The molecule has 0 aliphatic rings. The number of carbonyl (C=O) groups excluding carboxylic acids is 1. The Morgan fingerprint density at radius 3 is 2.84 bits per heavy atom. The Kier molecular flexibility index (Phi) is 4.83. The lowest BCUT2D eigenvalue weighted by Crippen LogP contribution is -2.20. The zero-order valence-electron chi connectivity index (χ0n) is 10.2. The van der Waals surface area contributed by atoms with Crippen LogP contribution in [-0.4, -0.2) is 17.4 Å². The fourth-order valence-electron chi connectivity index (χ4n) is 1.27. The molecular weight excluding hydrogens is 253 g/mol. The molecule has 0 fully saturated rings. The predicted molar refractivity (Wildman–Crippen MR) is 67.6 cm³/mol. The van der Waals surface area contributed by atoms with Crippen molar-refractivity contribution in [2.24, 2.45) is 0 Å². The normalized spacial score (nSPS) is 9.37. The molecule has 0 aromatic heterocycles. The molecule has 0 unspecified atom stereocenters. The van der Waals surface area contributed by atoms with Crippen LogP contribution >= 0.6 is 0 Å². The molecule has 0 heterocycles. The number of rotatable bonds is 3. The molecule has 0 saturated carbocycles. The molecule has 0 radical (unpaired) electrons. The van der Waals surface area contributed by atoms with Crippen LogP contribution in [0.15, 0.2) is 12.1 Å². The van der Waals surface area contributed by atoms with E-state index in [1.807, 2.05) is 0 Å². The number of nitrogens with two attached hydrogens (primary N) is 1. The van der Waals surface area contributed by atoms with Gasteiger partial charge in [-0.05, 0) is 0 Å². The van der Waals surface area contributed by atoms with Crippen LogP contribution in [-0.2, 0) is 4.79 Å². The van der Waals surface area contributed by atoms with E-state index in [0.717, 1.165) is 12.1 Å². The van der Waals surface area contributed by atoms with Gasteiger partial charge in [0.25, 0.3) is 5.69 Å². The maximum atomic E-state index is 13.3. The third-order valence-electron chi connectivity index (χ3n) is 2.17. The van der Waals surface area contributed by atoms with Crippen LogP contribution in [0.25, 0.3) is 0 Å². The van der Waals surface area contributed by atoms with E-state index in [2.05, 4.69) is 17.2 Å². The number of nitro groups is 1. The highest BCUT2D eigenvalue weighted by atomic mass is 19.1. The number of carbonyl (C=O) groups is 1. The Bertz CT molecular complexity index is 576. The van der Waals surface area contributed by atoms with Gasteiger partial charge < -0.3 is 11.1 Å². The van der Waals surface area contributed by atoms with E-state index in [0.29, 0.717) is 13.0 Å². The van der Waals surface area contributed by atoms with Gasteiger partial charge in [0.05, 0.1) is 22.2 Å². The minimum absolute atomic E-state index is 0.0644. The smallest absolute Gasteiger partial charge is 0.273 e. The zero-order chi connectivity index (χ0) is 14.4. The van der Waals surface area contributed by atoms with Gasteiger partial charge in [-0.2, -0.15) is 0 Å². The topological polar surface area (TPSA) is 98.3 Å². The highest BCUT2D eigenvalue weighted by Crippen LogP contribution is 2.22. The standard InChI is InChI=1S/C12H12FN3O3/c1-8(17)15-5-3-2-4-9-6-10(16(18)19)7-11(13)12(9)14/h6-7H,3,5,14H2,1H3,(H,15,17). The third kappa shape index (κ3) is 4.27. The first-order valence-corrected chi connectivity index (χ1v) is 5.38. The fraction of sp³-hybridized carbons (Fsp3) is 0.250. The van der Waals surface area contributed by atoms with Gasteiger partial charge >= 0.3 is 0 Å². The molecule has 7 heteroatoms. The SMILES string of the molecule is CC(=O)NCCC#Cc1cc([N+](=O)[O-])cc(F)c1N. The van der Waals surface area contributed by atoms with Gasteiger partial charge in [0.1, 0.15) is 0 Å². The molecule has 0 bridgehead atoms. The first kappa shape index (κ1) is 14.4. The van der Waals surface area contributed by atoms with Crippen molar-refractivity contribution in [3.05, 3.63) is 33.6 Å². The van der Waals surface area contributed by atoms with Crippen molar-refractivity contribution < 1.29 is 14.1 Å². The number of halogens is 1. The van der Waals surface area contributed by atoms with Crippen LogP contribution < -0.4 is 11.1 Å². The van der Waals surface area contributed by atoms with Gasteiger partial charge in [0, 0.05) is 26.0 Å². The lowest BCUT2D eigenvalue weighted by atomic mass is 10.1.